The highest BCUT2D eigenvalue weighted by atomic mass is 16.3. The van der Waals surface area contributed by atoms with Crippen molar-refractivity contribution in [3.05, 3.63) is 42.1 Å². The second kappa shape index (κ2) is 5.15. The smallest absolute Gasteiger partial charge is 0.225 e. The van der Waals surface area contributed by atoms with Crippen molar-refractivity contribution in [1.82, 2.24) is 14.9 Å². The number of aryl methyl sites for hydroxylation is 1. The molecule has 4 heterocycles. The summed E-state index contributed by atoms with van der Waals surface area (Å²) < 4.78 is 5.69. The fourth-order valence-electron chi connectivity index (χ4n) is 3.63. The molecule has 5 nitrogen and oxygen atoms in total. The molecular weight excluding hydrogens is 264 g/mol. The lowest BCUT2D eigenvalue weighted by molar-refractivity contribution is 0.277. The quantitative estimate of drug-likeness (QED) is 0.862. The van der Waals surface area contributed by atoms with Crippen LogP contribution in [0.4, 0.5) is 5.95 Å². The molecule has 0 N–H and O–H groups in total. The van der Waals surface area contributed by atoms with Gasteiger partial charge in [-0.05, 0) is 37.0 Å². The van der Waals surface area contributed by atoms with Gasteiger partial charge in [0.2, 0.25) is 5.95 Å². The number of fused-ring (bicyclic) bond motifs is 1. The molecule has 2 aliphatic rings. The topological polar surface area (TPSA) is 45.4 Å². The van der Waals surface area contributed by atoms with Crippen LogP contribution in [0, 0.1) is 18.8 Å². The van der Waals surface area contributed by atoms with Crippen molar-refractivity contribution in [3.8, 4) is 0 Å². The van der Waals surface area contributed by atoms with Gasteiger partial charge in [-0.25, -0.2) is 9.97 Å². The van der Waals surface area contributed by atoms with Crippen molar-refractivity contribution in [2.45, 2.75) is 13.5 Å². The number of hydrogen-bond acceptors (Lipinski definition) is 5. The van der Waals surface area contributed by atoms with E-state index in [1.54, 1.807) is 0 Å². The summed E-state index contributed by atoms with van der Waals surface area (Å²) in [5.74, 6) is 4.40. The number of aromatic nitrogens is 2. The van der Waals surface area contributed by atoms with E-state index in [9.17, 15) is 0 Å². The van der Waals surface area contributed by atoms with Crippen LogP contribution in [-0.4, -0.2) is 41.0 Å². The zero-order chi connectivity index (χ0) is 14.2. The highest BCUT2D eigenvalue weighted by Crippen LogP contribution is 2.33. The van der Waals surface area contributed by atoms with E-state index in [2.05, 4.69) is 25.8 Å². The summed E-state index contributed by atoms with van der Waals surface area (Å²) in [4.78, 5) is 13.6. The molecule has 110 valence electrons. The molecule has 2 unspecified atom stereocenters. The highest BCUT2D eigenvalue weighted by Gasteiger charge is 2.40. The summed E-state index contributed by atoms with van der Waals surface area (Å²) in [6, 6.07) is 6.00. The molecule has 2 aliphatic heterocycles. The number of nitrogens with zero attached hydrogens (tertiary/aromatic N) is 4. The predicted octanol–water partition coefficient (Wildman–Crippen LogP) is 1.95. The standard InChI is InChI=1S/C16H20N4O/c1-12-3-4-15(21-12)11-19-7-13-9-20(10-14(13)8-19)16-17-5-2-6-18-16/h2-6,13-14H,7-11H2,1H3. The first-order chi connectivity index (χ1) is 10.3. The van der Waals surface area contributed by atoms with Gasteiger partial charge in [-0.15, -0.1) is 0 Å². The normalized spacial score (nSPS) is 25.5. The van der Waals surface area contributed by atoms with Crippen LogP contribution in [-0.2, 0) is 6.54 Å². The molecule has 2 aromatic heterocycles. The van der Waals surface area contributed by atoms with Crippen LogP contribution in [0.2, 0.25) is 0 Å². The van der Waals surface area contributed by atoms with Gasteiger partial charge < -0.3 is 9.32 Å². The Morgan fingerprint density at radius 3 is 2.43 bits per heavy atom. The fraction of sp³-hybridized carbons (Fsp3) is 0.500. The Morgan fingerprint density at radius 1 is 1.10 bits per heavy atom. The minimum atomic E-state index is 0.727. The third kappa shape index (κ3) is 2.53. The van der Waals surface area contributed by atoms with Gasteiger partial charge in [0.15, 0.2) is 0 Å². The van der Waals surface area contributed by atoms with Gasteiger partial charge >= 0.3 is 0 Å². The summed E-state index contributed by atoms with van der Waals surface area (Å²) in [7, 11) is 0. The van der Waals surface area contributed by atoms with Crippen molar-refractivity contribution < 1.29 is 4.42 Å². The average Bonchev–Trinajstić information content (AvgIpc) is 3.15. The molecule has 2 atom stereocenters. The second-order valence-corrected chi connectivity index (χ2v) is 6.18. The minimum Gasteiger partial charge on any atom is -0.465 e. The van der Waals surface area contributed by atoms with E-state index in [0.717, 1.165) is 62.0 Å². The molecule has 0 radical (unpaired) electrons. The third-order valence-electron chi connectivity index (χ3n) is 4.57. The van der Waals surface area contributed by atoms with Crippen molar-refractivity contribution in [1.29, 1.82) is 0 Å². The number of anilines is 1. The van der Waals surface area contributed by atoms with Crippen LogP contribution in [0.1, 0.15) is 11.5 Å². The molecule has 5 heteroatoms. The molecule has 2 saturated heterocycles. The van der Waals surface area contributed by atoms with E-state index in [0.29, 0.717) is 0 Å². The Hall–Kier alpha value is -1.88. The maximum atomic E-state index is 5.69. The maximum Gasteiger partial charge on any atom is 0.225 e. The van der Waals surface area contributed by atoms with Crippen LogP contribution in [0.25, 0.3) is 0 Å². The fourth-order valence-corrected chi connectivity index (χ4v) is 3.63. The third-order valence-corrected chi connectivity index (χ3v) is 4.57. The predicted molar refractivity (Wildman–Crippen MR) is 79.9 cm³/mol. The lowest BCUT2D eigenvalue weighted by atomic mass is 10.0. The van der Waals surface area contributed by atoms with Crippen LogP contribution >= 0.6 is 0 Å². The first-order valence-corrected chi connectivity index (χ1v) is 7.57. The van der Waals surface area contributed by atoms with Crippen LogP contribution in [0.5, 0.6) is 0 Å². The second-order valence-electron chi connectivity index (χ2n) is 6.18. The summed E-state index contributed by atoms with van der Waals surface area (Å²) in [6.07, 6.45) is 3.64. The van der Waals surface area contributed by atoms with Gasteiger partial charge in [-0.1, -0.05) is 0 Å². The average molecular weight is 284 g/mol. The van der Waals surface area contributed by atoms with E-state index in [1.807, 2.05) is 31.5 Å². The SMILES string of the molecule is Cc1ccc(CN2CC3CN(c4ncccn4)CC3C2)o1. The largest absolute Gasteiger partial charge is 0.465 e. The lowest BCUT2D eigenvalue weighted by Gasteiger charge is -2.20. The Balaban J connectivity index is 1.37. The molecule has 2 aromatic rings. The molecule has 0 saturated carbocycles. The van der Waals surface area contributed by atoms with E-state index in [4.69, 9.17) is 4.42 Å². The molecular formula is C16H20N4O. The van der Waals surface area contributed by atoms with Gasteiger partial charge in [-0.3, -0.25) is 4.90 Å². The maximum absolute atomic E-state index is 5.69. The minimum absolute atomic E-state index is 0.727. The molecule has 0 bridgehead atoms. The van der Waals surface area contributed by atoms with E-state index in [-0.39, 0.29) is 0 Å². The summed E-state index contributed by atoms with van der Waals surface area (Å²) in [6.45, 7) is 7.37. The Morgan fingerprint density at radius 2 is 1.81 bits per heavy atom. The van der Waals surface area contributed by atoms with Crippen molar-refractivity contribution in [2.75, 3.05) is 31.1 Å². The van der Waals surface area contributed by atoms with Crippen LogP contribution in [0.3, 0.4) is 0 Å². The Bertz CT molecular complexity index is 598. The van der Waals surface area contributed by atoms with E-state index < -0.39 is 0 Å². The Labute approximate surface area is 124 Å². The first-order valence-electron chi connectivity index (χ1n) is 7.57. The summed E-state index contributed by atoms with van der Waals surface area (Å²) >= 11 is 0. The zero-order valence-corrected chi connectivity index (χ0v) is 12.3. The van der Waals surface area contributed by atoms with Crippen LogP contribution in [0.15, 0.2) is 35.0 Å². The summed E-state index contributed by atoms with van der Waals surface area (Å²) in [5.41, 5.74) is 0. The van der Waals surface area contributed by atoms with Gasteiger partial charge in [-0.2, -0.15) is 0 Å². The summed E-state index contributed by atoms with van der Waals surface area (Å²) in [5, 5.41) is 0. The molecule has 0 aliphatic carbocycles. The monoisotopic (exact) mass is 284 g/mol. The molecule has 2 fully saturated rings. The van der Waals surface area contributed by atoms with E-state index in [1.165, 1.54) is 0 Å². The van der Waals surface area contributed by atoms with Gasteiger partial charge in [0.1, 0.15) is 11.5 Å². The van der Waals surface area contributed by atoms with Gasteiger partial charge in [0, 0.05) is 38.6 Å². The molecule has 0 amide bonds. The van der Waals surface area contributed by atoms with Crippen LogP contribution < -0.4 is 4.90 Å². The molecule has 0 aromatic carbocycles. The molecule has 0 spiro atoms. The molecule has 4 rings (SSSR count). The van der Waals surface area contributed by atoms with Crippen molar-refractivity contribution in [3.63, 3.8) is 0 Å². The highest BCUT2D eigenvalue weighted by molar-refractivity contribution is 5.31. The molecule has 21 heavy (non-hydrogen) atoms. The Kier molecular flexibility index (Phi) is 3.15. The lowest BCUT2D eigenvalue weighted by Crippen LogP contribution is -2.29. The van der Waals surface area contributed by atoms with Crippen molar-refractivity contribution >= 4 is 5.95 Å². The number of rotatable bonds is 3. The van der Waals surface area contributed by atoms with Crippen molar-refractivity contribution in [2.24, 2.45) is 11.8 Å². The number of likely N-dealkylation sites (tertiary alicyclic amines) is 1. The zero-order valence-electron chi connectivity index (χ0n) is 12.3. The number of furan rings is 1. The van der Waals surface area contributed by atoms with E-state index >= 15 is 0 Å². The van der Waals surface area contributed by atoms with Gasteiger partial charge in [0.25, 0.3) is 0 Å². The number of hydrogen-bond donors (Lipinski definition) is 0. The first kappa shape index (κ1) is 12.8. The van der Waals surface area contributed by atoms with Gasteiger partial charge in [0.05, 0.1) is 6.54 Å².